The van der Waals surface area contributed by atoms with Crippen LogP contribution in [0.4, 0.5) is 0 Å². The average Bonchev–Trinajstić information content (AvgIpc) is 2.27. The first kappa shape index (κ1) is 15.0. The molecule has 0 radical (unpaired) electrons. The number of likely N-dealkylation sites (tertiary alicyclic amines) is 1. The molecule has 0 aromatic rings. The Kier molecular flexibility index (Phi) is 7.14. The van der Waals surface area contributed by atoms with E-state index in [0.29, 0.717) is 0 Å². The summed E-state index contributed by atoms with van der Waals surface area (Å²) in [5, 5.41) is 3.52. The molecule has 1 aliphatic heterocycles. The van der Waals surface area contributed by atoms with E-state index < -0.39 is 0 Å². The fourth-order valence-electron chi connectivity index (χ4n) is 2.53. The van der Waals surface area contributed by atoms with Crippen molar-refractivity contribution in [1.29, 1.82) is 0 Å². The molecule has 0 spiro atoms. The van der Waals surface area contributed by atoms with Crippen molar-refractivity contribution >= 4 is 0 Å². The van der Waals surface area contributed by atoms with Crippen molar-refractivity contribution in [3.63, 3.8) is 0 Å². The van der Waals surface area contributed by atoms with Crippen molar-refractivity contribution in [2.24, 2.45) is 17.8 Å². The molecule has 1 rings (SSSR count). The van der Waals surface area contributed by atoms with Crippen LogP contribution in [0.2, 0.25) is 0 Å². The van der Waals surface area contributed by atoms with Crippen molar-refractivity contribution in [3.8, 4) is 0 Å². The monoisotopic (exact) mass is 240 g/mol. The Hall–Kier alpha value is -0.0800. The second-order valence-electron chi connectivity index (χ2n) is 6.35. The van der Waals surface area contributed by atoms with Gasteiger partial charge in [-0.3, -0.25) is 0 Å². The van der Waals surface area contributed by atoms with Crippen LogP contribution in [0.15, 0.2) is 0 Å². The van der Waals surface area contributed by atoms with E-state index in [-0.39, 0.29) is 0 Å². The minimum Gasteiger partial charge on any atom is -0.316 e. The van der Waals surface area contributed by atoms with E-state index in [1.54, 1.807) is 0 Å². The molecule has 2 atom stereocenters. The molecule has 17 heavy (non-hydrogen) atoms. The van der Waals surface area contributed by atoms with E-state index >= 15 is 0 Å². The van der Waals surface area contributed by atoms with E-state index in [4.69, 9.17) is 0 Å². The minimum absolute atomic E-state index is 0.777. The van der Waals surface area contributed by atoms with Crippen LogP contribution in [-0.4, -0.2) is 37.6 Å². The molecule has 2 nitrogen and oxygen atoms in total. The Morgan fingerprint density at radius 3 is 2.59 bits per heavy atom. The fourth-order valence-corrected chi connectivity index (χ4v) is 2.53. The highest BCUT2D eigenvalue weighted by atomic mass is 15.1. The third-order valence-electron chi connectivity index (χ3n) is 4.05. The molecular weight excluding hydrogens is 208 g/mol. The lowest BCUT2D eigenvalue weighted by Crippen LogP contribution is -2.39. The Morgan fingerprint density at radius 2 is 1.94 bits per heavy atom. The van der Waals surface area contributed by atoms with Gasteiger partial charge in [-0.15, -0.1) is 0 Å². The molecule has 0 aromatic heterocycles. The highest BCUT2D eigenvalue weighted by molar-refractivity contribution is 4.75. The van der Waals surface area contributed by atoms with Crippen molar-refractivity contribution in [3.05, 3.63) is 0 Å². The molecule has 1 heterocycles. The molecule has 0 saturated carbocycles. The number of nitrogens with one attached hydrogen (secondary N) is 1. The van der Waals surface area contributed by atoms with Crippen LogP contribution in [0.3, 0.4) is 0 Å². The molecule has 2 unspecified atom stereocenters. The number of hydrogen-bond acceptors (Lipinski definition) is 2. The van der Waals surface area contributed by atoms with Crippen LogP contribution in [0.25, 0.3) is 0 Å². The summed E-state index contributed by atoms with van der Waals surface area (Å²) in [6, 6.07) is 0. The Balaban J connectivity index is 1.96. The lowest BCUT2D eigenvalue weighted by molar-refractivity contribution is 0.136. The number of unbranched alkanes of at least 4 members (excludes halogenated alkanes) is 1. The van der Waals surface area contributed by atoms with Crippen LogP contribution in [-0.2, 0) is 0 Å². The summed E-state index contributed by atoms with van der Waals surface area (Å²) in [5.41, 5.74) is 0. The molecule has 1 fully saturated rings. The first-order valence-electron chi connectivity index (χ1n) is 7.52. The molecule has 1 aliphatic rings. The van der Waals surface area contributed by atoms with Gasteiger partial charge in [0.15, 0.2) is 0 Å². The topological polar surface area (TPSA) is 15.3 Å². The Bertz CT molecular complexity index is 191. The van der Waals surface area contributed by atoms with Crippen molar-refractivity contribution in [2.75, 3.05) is 32.7 Å². The molecule has 0 amide bonds. The van der Waals surface area contributed by atoms with Gasteiger partial charge in [0.2, 0.25) is 0 Å². The predicted molar refractivity (Wildman–Crippen MR) is 76.3 cm³/mol. The second-order valence-corrected chi connectivity index (χ2v) is 6.35. The highest BCUT2D eigenvalue weighted by Gasteiger charge is 2.21. The number of nitrogens with zero attached hydrogens (tertiary/aromatic N) is 1. The third kappa shape index (κ3) is 6.42. The smallest absolute Gasteiger partial charge is 0.000957 e. The molecule has 2 heteroatoms. The maximum absolute atomic E-state index is 3.52. The van der Waals surface area contributed by atoms with Gasteiger partial charge < -0.3 is 10.2 Å². The van der Waals surface area contributed by atoms with Gasteiger partial charge in [0.05, 0.1) is 0 Å². The normalized spacial score (nSPS) is 26.6. The molecular formula is C15H32N2. The summed E-state index contributed by atoms with van der Waals surface area (Å²) in [5.74, 6) is 2.60. The van der Waals surface area contributed by atoms with E-state index in [1.165, 1.54) is 45.4 Å². The van der Waals surface area contributed by atoms with Gasteiger partial charge in [0.25, 0.3) is 0 Å². The van der Waals surface area contributed by atoms with E-state index in [1.807, 2.05) is 0 Å². The quantitative estimate of drug-likeness (QED) is 0.688. The summed E-state index contributed by atoms with van der Waals surface area (Å²) in [6.45, 7) is 15.6. The third-order valence-corrected chi connectivity index (χ3v) is 4.05. The summed E-state index contributed by atoms with van der Waals surface area (Å²) in [6.07, 6.45) is 4.08. The van der Waals surface area contributed by atoms with Crippen molar-refractivity contribution < 1.29 is 0 Å². The van der Waals surface area contributed by atoms with Gasteiger partial charge >= 0.3 is 0 Å². The first-order chi connectivity index (χ1) is 8.09. The van der Waals surface area contributed by atoms with E-state index in [9.17, 15) is 0 Å². The molecule has 102 valence electrons. The average molecular weight is 240 g/mol. The van der Waals surface area contributed by atoms with E-state index in [2.05, 4.69) is 37.9 Å². The number of piperidine rings is 1. The number of rotatable bonds is 7. The number of hydrogen-bond donors (Lipinski definition) is 1. The summed E-state index contributed by atoms with van der Waals surface area (Å²) in [7, 11) is 0. The highest BCUT2D eigenvalue weighted by Crippen LogP contribution is 2.22. The lowest BCUT2D eigenvalue weighted by atomic mass is 9.88. The first-order valence-corrected chi connectivity index (χ1v) is 7.52. The van der Waals surface area contributed by atoms with Crippen LogP contribution in [0.1, 0.15) is 47.0 Å². The largest absolute Gasteiger partial charge is 0.316 e. The predicted octanol–water partition coefficient (Wildman–Crippen LogP) is 2.99. The maximum Gasteiger partial charge on any atom is 0.000957 e. The lowest BCUT2D eigenvalue weighted by Gasteiger charge is -2.35. The second kappa shape index (κ2) is 8.10. The van der Waals surface area contributed by atoms with Crippen molar-refractivity contribution in [2.45, 2.75) is 47.0 Å². The van der Waals surface area contributed by atoms with Gasteiger partial charge in [-0.25, -0.2) is 0 Å². The van der Waals surface area contributed by atoms with Gasteiger partial charge in [-0.2, -0.15) is 0 Å². The standard InChI is InChI=1S/C15H32N2/c1-13(2)11-16-8-5-6-9-17-10-7-14(3)15(4)12-17/h13-16H,5-12H2,1-4H3. The van der Waals surface area contributed by atoms with Gasteiger partial charge in [0, 0.05) is 6.54 Å². The van der Waals surface area contributed by atoms with Gasteiger partial charge in [-0.05, 0) is 63.2 Å². The SMILES string of the molecule is CC(C)CNCCCCN1CCC(C)C(C)C1. The summed E-state index contributed by atoms with van der Waals surface area (Å²) >= 11 is 0. The zero-order chi connectivity index (χ0) is 12.7. The van der Waals surface area contributed by atoms with Gasteiger partial charge in [0.1, 0.15) is 0 Å². The molecule has 1 N–H and O–H groups in total. The van der Waals surface area contributed by atoms with Crippen LogP contribution in [0.5, 0.6) is 0 Å². The van der Waals surface area contributed by atoms with Crippen LogP contribution < -0.4 is 5.32 Å². The molecule has 0 aromatic carbocycles. The summed E-state index contributed by atoms with van der Waals surface area (Å²) < 4.78 is 0. The fraction of sp³-hybridized carbons (Fsp3) is 1.00. The molecule has 1 saturated heterocycles. The Morgan fingerprint density at radius 1 is 1.18 bits per heavy atom. The van der Waals surface area contributed by atoms with Crippen LogP contribution >= 0.6 is 0 Å². The Labute approximate surface area is 108 Å². The zero-order valence-electron chi connectivity index (χ0n) is 12.3. The summed E-state index contributed by atoms with van der Waals surface area (Å²) in [4.78, 5) is 2.66. The van der Waals surface area contributed by atoms with Gasteiger partial charge in [-0.1, -0.05) is 27.7 Å². The molecule has 0 aliphatic carbocycles. The zero-order valence-corrected chi connectivity index (χ0v) is 12.3. The van der Waals surface area contributed by atoms with E-state index in [0.717, 1.165) is 24.3 Å². The maximum atomic E-state index is 3.52. The van der Waals surface area contributed by atoms with Crippen LogP contribution in [0, 0.1) is 17.8 Å². The molecule has 0 bridgehead atoms. The minimum atomic E-state index is 0.777. The van der Waals surface area contributed by atoms with Crippen molar-refractivity contribution in [1.82, 2.24) is 10.2 Å².